The van der Waals surface area contributed by atoms with Crippen LogP contribution in [0.25, 0.3) is 0 Å². The predicted octanol–water partition coefficient (Wildman–Crippen LogP) is 3.39. The zero-order valence-corrected chi connectivity index (χ0v) is 14.8. The quantitative estimate of drug-likeness (QED) is 0.639. The number of hydrogen-bond acceptors (Lipinski definition) is 8. The van der Waals surface area contributed by atoms with E-state index in [9.17, 15) is 4.79 Å². The number of carbonyl (C=O) groups is 1. The van der Waals surface area contributed by atoms with Crippen LogP contribution in [-0.4, -0.2) is 30.2 Å². The van der Waals surface area contributed by atoms with Gasteiger partial charge in [0.2, 0.25) is 5.88 Å². The number of hydrogen-bond donors (Lipinski definition) is 2. The Morgan fingerprint density at radius 3 is 2.48 bits per heavy atom. The summed E-state index contributed by atoms with van der Waals surface area (Å²) in [6, 6.07) is 13.8. The van der Waals surface area contributed by atoms with Crippen LogP contribution in [0, 0.1) is 0 Å². The molecule has 0 fully saturated rings. The lowest BCUT2D eigenvalue weighted by atomic mass is 10.2. The average molecular weight is 366 g/mol. The summed E-state index contributed by atoms with van der Waals surface area (Å²) in [4.78, 5) is 19.7. The molecule has 0 saturated heterocycles. The molecule has 8 nitrogen and oxygen atoms in total. The van der Waals surface area contributed by atoms with Crippen molar-refractivity contribution in [2.24, 2.45) is 0 Å². The van der Waals surface area contributed by atoms with Crippen molar-refractivity contribution in [1.82, 2.24) is 9.97 Å². The number of methoxy groups -OCH3 is 2. The highest BCUT2D eigenvalue weighted by atomic mass is 16.5. The minimum absolute atomic E-state index is 0.188. The summed E-state index contributed by atoms with van der Waals surface area (Å²) in [5.41, 5.74) is 7.50. The highest BCUT2D eigenvalue weighted by molar-refractivity contribution is 5.89. The second-order valence-corrected chi connectivity index (χ2v) is 5.38. The van der Waals surface area contributed by atoms with Gasteiger partial charge in [0.05, 0.1) is 25.5 Å². The third kappa shape index (κ3) is 4.06. The third-order valence-electron chi connectivity index (χ3n) is 3.70. The minimum Gasteiger partial charge on any atom is -0.495 e. The van der Waals surface area contributed by atoms with Crippen LogP contribution in [0.2, 0.25) is 0 Å². The van der Waals surface area contributed by atoms with Crippen molar-refractivity contribution in [1.29, 1.82) is 0 Å². The number of esters is 1. The summed E-state index contributed by atoms with van der Waals surface area (Å²) < 4.78 is 15.7. The Morgan fingerprint density at radius 2 is 1.78 bits per heavy atom. The fraction of sp³-hybridized carbons (Fsp3) is 0.105. The van der Waals surface area contributed by atoms with Crippen molar-refractivity contribution in [3.63, 3.8) is 0 Å². The van der Waals surface area contributed by atoms with Gasteiger partial charge >= 0.3 is 5.97 Å². The van der Waals surface area contributed by atoms with Gasteiger partial charge in [0, 0.05) is 0 Å². The zero-order valence-electron chi connectivity index (χ0n) is 14.8. The van der Waals surface area contributed by atoms with Gasteiger partial charge in [-0.15, -0.1) is 0 Å². The molecule has 0 radical (unpaired) electrons. The van der Waals surface area contributed by atoms with Gasteiger partial charge in [-0.2, -0.15) is 4.98 Å². The van der Waals surface area contributed by atoms with E-state index in [2.05, 4.69) is 20.0 Å². The lowest BCUT2D eigenvalue weighted by Gasteiger charge is -2.13. The Hall–Kier alpha value is -3.81. The molecular formula is C19H18N4O4. The smallest absolute Gasteiger partial charge is 0.337 e. The van der Waals surface area contributed by atoms with Crippen LogP contribution < -0.4 is 20.5 Å². The molecule has 27 heavy (non-hydrogen) atoms. The van der Waals surface area contributed by atoms with Gasteiger partial charge in [0.15, 0.2) is 5.82 Å². The number of anilines is 3. The van der Waals surface area contributed by atoms with E-state index in [1.54, 1.807) is 31.4 Å². The molecule has 0 spiro atoms. The highest BCUT2D eigenvalue weighted by Crippen LogP contribution is 2.33. The summed E-state index contributed by atoms with van der Waals surface area (Å²) in [7, 11) is 2.90. The van der Waals surface area contributed by atoms with E-state index in [4.69, 9.17) is 15.2 Å². The van der Waals surface area contributed by atoms with Gasteiger partial charge < -0.3 is 25.3 Å². The van der Waals surface area contributed by atoms with E-state index in [1.807, 2.05) is 24.3 Å². The maximum absolute atomic E-state index is 11.5. The lowest BCUT2D eigenvalue weighted by Crippen LogP contribution is -2.04. The second-order valence-electron chi connectivity index (χ2n) is 5.38. The first-order chi connectivity index (χ1) is 13.1. The molecule has 3 rings (SSSR count). The zero-order chi connectivity index (χ0) is 19.2. The number of nitrogens with zero attached hydrogens (tertiary/aromatic N) is 2. The normalized spacial score (nSPS) is 10.1. The molecule has 3 aromatic rings. The summed E-state index contributed by atoms with van der Waals surface area (Å²) in [6.45, 7) is 0. The largest absolute Gasteiger partial charge is 0.495 e. The van der Waals surface area contributed by atoms with E-state index in [0.29, 0.717) is 28.6 Å². The Morgan fingerprint density at radius 1 is 1.04 bits per heavy atom. The van der Waals surface area contributed by atoms with Gasteiger partial charge in [0.1, 0.15) is 23.5 Å². The average Bonchev–Trinajstić information content (AvgIpc) is 2.71. The van der Waals surface area contributed by atoms with E-state index in [-0.39, 0.29) is 11.6 Å². The number of carbonyl (C=O) groups excluding carboxylic acids is 1. The molecule has 0 aliphatic heterocycles. The minimum atomic E-state index is -0.425. The molecule has 0 aliphatic carbocycles. The van der Waals surface area contributed by atoms with Gasteiger partial charge in [-0.25, -0.2) is 9.78 Å². The molecule has 0 saturated carbocycles. The Kier molecular flexibility index (Phi) is 5.36. The van der Waals surface area contributed by atoms with Crippen molar-refractivity contribution in [3.8, 4) is 17.4 Å². The number of ether oxygens (including phenoxy) is 3. The molecule has 0 amide bonds. The molecule has 1 aromatic heterocycles. The van der Waals surface area contributed by atoms with Crippen LogP contribution in [0.3, 0.4) is 0 Å². The van der Waals surface area contributed by atoms with Crippen molar-refractivity contribution in [2.75, 3.05) is 25.3 Å². The van der Waals surface area contributed by atoms with Crippen molar-refractivity contribution in [2.45, 2.75) is 0 Å². The van der Waals surface area contributed by atoms with E-state index < -0.39 is 5.97 Å². The van der Waals surface area contributed by atoms with Gasteiger partial charge in [-0.1, -0.05) is 12.1 Å². The second kappa shape index (κ2) is 8.05. The highest BCUT2D eigenvalue weighted by Gasteiger charge is 2.13. The van der Waals surface area contributed by atoms with Crippen LogP contribution in [0.5, 0.6) is 17.4 Å². The topological polar surface area (TPSA) is 109 Å². The van der Waals surface area contributed by atoms with E-state index >= 15 is 0 Å². The van der Waals surface area contributed by atoms with Crippen molar-refractivity contribution < 1.29 is 19.0 Å². The number of nitrogens with two attached hydrogens (primary N) is 1. The maximum Gasteiger partial charge on any atom is 0.337 e. The molecule has 2 aromatic carbocycles. The number of nitrogen functional groups attached to an aromatic ring is 1. The van der Waals surface area contributed by atoms with Gasteiger partial charge in [-0.3, -0.25) is 0 Å². The molecule has 0 atom stereocenters. The number of nitrogens with one attached hydrogen (secondary N) is 1. The fourth-order valence-electron chi connectivity index (χ4n) is 2.32. The van der Waals surface area contributed by atoms with Crippen molar-refractivity contribution >= 4 is 23.2 Å². The van der Waals surface area contributed by atoms with Crippen molar-refractivity contribution in [3.05, 3.63) is 60.4 Å². The summed E-state index contributed by atoms with van der Waals surface area (Å²) in [5.74, 6) is 1.27. The van der Waals surface area contributed by atoms with Crippen LogP contribution in [-0.2, 0) is 4.74 Å². The van der Waals surface area contributed by atoms with Crippen LogP contribution >= 0.6 is 0 Å². The van der Waals surface area contributed by atoms with E-state index in [1.165, 1.54) is 13.4 Å². The molecule has 1 heterocycles. The number of benzene rings is 2. The first-order valence-electron chi connectivity index (χ1n) is 7.99. The molecule has 8 heteroatoms. The monoisotopic (exact) mass is 366 g/mol. The van der Waals surface area contributed by atoms with Crippen LogP contribution in [0.4, 0.5) is 17.2 Å². The Bertz CT molecular complexity index is 945. The first kappa shape index (κ1) is 18.0. The third-order valence-corrected chi connectivity index (χ3v) is 3.70. The van der Waals surface area contributed by atoms with Crippen LogP contribution in [0.15, 0.2) is 54.9 Å². The van der Waals surface area contributed by atoms with Crippen LogP contribution in [0.1, 0.15) is 10.4 Å². The SMILES string of the molecule is COC(=O)c1ccc(Oc2ncnc(Nc3ccccc3OC)c2N)cc1. The molecular weight excluding hydrogens is 348 g/mol. The van der Waals surface area contributed by atoms with Gasteiger partial charge in [-0.05, 0) is 36.4 Å². The first-order valence-corrected chi connectivity index (χ1v) is 7.99. The predicted molar refractivity (Wildman–Crippen MR) is 101 cm³/mol. The number of rotatable bonds is 6. The standard InChI is InChI=1S/C19H18N4O4/c1-25-15-6-4-3-5-14(15)23-17-16(20)18(22-11-21-17)27-13-9-7-12(8-10-13)19(24)26-2/h3-11H,20H2,1-2H3,(H,21,22,23). The molecule has 0 bridgehead atoms. The van der Waals surface area contributed by atoms with E-state index in [0.717, 1.165) is 0 Å². The number of aromatic nitrogens is 2. The fourth-order valence-corrected chi connectivity index (χ4v) is 2.32. The summed E-state index contributed by atoms with van der Waals surface area (Å²) >= 11 is 0. The summed E-state index contributed by atoms with van der Waals surface area (Å²) in [5, 5.41) is 3.11. The maximum atomic E-state index is 11.5. The molecule has 3 N–H and O–H groups in total. The lowest BCUT2D eigenvalue weighted by molar-refractivity contribution is 0.0600. The molecule has 0 unspecified atom stereocenters. The Labute approximate surface area is 155 Å². The Balaban J connectivity index is 1.81. The van der Waals surface area contributed by atoms with Gasteiger partial charge in [0.25, 0.3) is 0 Å². The molecule has 0 aliphatic rings. The number of para-hydroxylation sites is 2. The molecule has 138 valence electrons. The summed E-state index contributed by atoms with van der Waals surface area (Å²) in [6.07, 6.45) is 1.34.